The Labute approximate surface area is 194 Å². The van der Waals surface area contributed by atoms with Crippen molar-refractivity contribution in [2.45, 2.75) is 12.5 Å². The Morgan fingerprint density at radius 2 is 1.82 bits per heavy atom. The molecule has 2 heterocycles. The van der Waals surface area contributed by atoms with Gasteiger partial charge in [-0.1, -0.05) is 12.1 Å². The van der Waals surface area contributed by atoms with Crippen molar-refractivity contribution in [3.8, 4) is 16.9 Å². The first-order chi connectivity index (χ1) is 16.2. The first kappa shape index (κ1) is 25.2. The third-order valence-corrected chi connectivity index (χ3v) is 5.54. The zero-order valence-electron chi connectivity index (χ0n) is 18.5. The summed E-state index contributed by atoms with van der Waals surface area (Å²) in [7, 11) is 1.75. The Hall–Kier alpha value is -3.38. The number of amides is 1. The van der Waals surface area contributed by atoms with Crippen molar-refractivity contribution in [3.63, 3.8) is 0 Å². The van der Waals surface area contributed by atoms with E-state index < -0.39 is 12.5 Å². The molecule has 9 nitrogen and oxygen atoms in total. The van der Waals surface area contributed by atoms with Gasteiger partial charge in [-0.15, -0.1) is 13.2 Å². The van der Waals surface area contributed by atoms with E-state index >= 15 is 0 Å². The topological polar surface area (TPSA) is 98.2 Å². The minimum absolute atomic E-state index is 0.171. The van der Waals surface area contributed by atoms with Gasteiger partial charge in [0.1, 0.15) is 17.9 Å². The highest BCUT2D eigenvalue weighted by molar-refractivity contribution is 5.69. The largest absolute Gasteiger partial charge is 0.573 e. The normalized spacial score (nSPS) is 15.6. The van der Waals surface area contributed by atoms with Gasteiger partial charge in [0.2, 0.25) is 0 Å². The molecule has 1 aromatic carbocycles. The molecular weight excluding hydrogens is 455 g/mol. The maximum atomic E-state index is 12.3. The summed E-state index contributed by atoms with van der Waals surface area (Å²) in [6, 6.07) is 9.31. The number of alkyl halides is 3. The zero-order chi connectivity index (χ0) is 24.7. The lowest BCUT2D eigenvalue weighted by atomic mass is 10.1. The number of aromatic nitrogens is 1. The Balaban J connectivity index is 1.57. The second-order valence-electron chi connectivity index (χ2n) is 7.66. The standard InChI is InChI=1S/C22H26F3N5O4/c1-26-20(15-30(12-13-31)21(32)33)29-10-8-28(9-11-29)19-7-4-17(14-27-19)16-2-5-18(6-3-16)34-22(23,24)25/h2-7,13-14,20,26H,8-12,15H2,1H3,(H,32,33). The van der Waals surface area contributed by atoms with E-state index in [-0.39, 0.29) is 25.0 Å². The maximum Gasteiger partial charge on any atom is 0.573 e. The minimum atomic E-state index is -4.73. The quantitative estimate of drug-likeness (QED) is 0.528. The van der Waals surface area contributed by atoms with Crippen LogP contribution in [-0.2, 0) is 4.79 Å². The Morgan fingerprint density at radius 1 is 1.18 bits per heavy atom. The summed E-state index contributed by atoms with van der Waals surface area (Å²) < 4.78 is 40.8. The average molecular weight is 481 g/mol. The van der Waals surface area contributed by atoms with Gasteiger partial charge in [-0.3, -0.25) is 9.80 Å². The van der Waals surface area contributed by atoms with Crippen molar-refractivity contribution < 1.29 is 32.6 Å². The number of nitrogens with zero attached hydrogens (tertiary/aromatic N) is 4. The number of likely N-dealkylation sites (N-methyl/N-ethyl adjacent to an activating group) is 1. The molecule has 184 valence electrons. The minimum Gasteiger partial charge on any atom is -0.465 e. The fourth-order valence-corrected chi connectivity index (χ4v) is 3.77. The van der Waals surface area contributed by atoms with E-state index in [1.165, 1.54) is 12.1 Å². The second kappa shape index (κ2) is 11.2. The Morgan fingerprint density at radius 3 is 2.32 bits per heavy atom. The summed E-state index contributed by atoms with van der Waals surface area (Å²) in [6.45, 7) is 2.68. The summed E-state index contributed by atoms with van der Waals surface area (Å²) in [6.07, 6.45) is -3.86. The molecule has 1 amide bonds. The van der Waals surface area contributed by atoms with Crippen LogP contribution in [0.4, 0.5) is 23.8 Å². The molecule has 0 spiro atoms. The van der Waals surface area contributed by atoms with Gasteiger partial charge in [-0.05, 0) is 36.9 Å². The lowest BCUT2D eigenvalue weighted by molar-refractivity contribution is -0.274. The number of hydrogen-bond acceptors (Lipinski definition) is 7. The molecule has 1 aromatic heterocycles. The van der Waals surface area contributed by atoms with Crippen molar-refractivity contribution in [3.05, 3.63) is 42.6 Å². The highest BCUT2D eigenvalue weighted by atomic mass is 19.4. The van der Waals surface area contributed by atoms with E-state index in [4.69, 9.17) is 0 Å². The van der Waals surface area contributed by atoms with E-state index in [2.05, 4.69) is 24.8 Å². The van der Waals surface area contributed by atoms with Crippen molar-refractivity contribution in [2.75, 3.05) is 51.2 Å². The third kappa shape index (κ3) is 6.81. The molecule has 1 unspecified atom stereocenters. The summed E-state index contributed by atoms with van der Waals surface area (Å²) in [5, 5.41) is 12.4. The van der Waals surface area contributed by atoms with E-state index in [0.29, 0.717) is 38.0 Å². The van der Waals surface area contributed by atoms with Crippen molar-refractivity contribution in [2.24, 2.45) is 0 Å². The number of anilines is 1. The van der Waals surface area contributed by atoms with Gasteiger partial charge in [0.15, 0.2) is 0 Å². The predicted molar refractivity (Wildman–Crippen MR) is 119 cm³/mol. The highest BCUT2D eigenvalue weighted by Gasteiger charge is 2.31. The number of piperazine rings is 1. The molecule has 1 atom stereocenters. The molecule has 12 heteroatoms. The number of pyridine rings is 1. The molecule has 1 aliphatic heterocycles. The number of nitrogens with one attached hydrogen (secondary N) is 1. The zero-order valence-corrected chi connectivity index (χ0v) is 18.5. The van der Waals surface area contributed by atoms with Crippen LogP contribution in [0, 0.1) is 0 Å². The van der Waals surface area contributed by atoms with Crippen LogP contribution in [0.5, 0.6) is 5.75 Å². The number of hydrogen-bond donors (Lipinski definition) is 2. The number of halogens is 3. The lowest BCUT2D eigenvalue weighted by Gasteiger charge is -2.40. The molecular formula is C22H26F3N5O4. The SMILES string of the molecule is CNC(CN(CC=O)C(=O)O)N1CCN(c2ccc(-c3ccc(OC(F)(F)F)cc3)cn2)CC1. The third-order valence-electron chi connectivity index (χ3n) is 5.54. The van der Waals surface area contributed by atoms with Gasteiger partial charge in [0.05, 0.1) is 19.3 Å². The van der Waals surface area contributed by atoms with Gasteiger partial charge < -0.3 is 24.9 Å². The van der Waals surface area contributed by atoms with Crippen LogP contribution in [0.15, 0.2) is 42.6 Å². The summed E-state index contributed by atoms with van der Waals surface area (Å²) in [5.41, 5.74) is 1.48. The first-order valence-corrected chi connectivity index (χ1v) is 10.6. The molecule has 2 aromatic rings. The van der Waals surface area contributed by atoms with Crippen LogP contribution >= 0.6 is 0 Å². The molecule has 0 aliphatic carbocycles. The smallest absolute Gasteiger partial charge is 0.465 e. The molecule has 2 N–H and O–H groups in total. The van der Waals surface area contributed by atoms with Gasteiger partial charge in [-0.25, -0.2) is 9.78 Å². The maximum absolute atomic E-state index is 12.3. The number of carboxylic acid groups (broad SMARTS) is 1. The summed E-state index contributed by atoms with van der Waals surface area (Å²) in [4.78, 5) is 31.9. The molecule has 1 fully saturated rings. The molecule has 34 heavy (non-hydrogen) atoms. The Kier molecular flexibility index (Phi) is 8.29. The fraction of sp³-hybridized carbons (Fsp3) is 0.409. The first-order valence-electron chi connectivity index (χ1n) is 10.6. The number of aldehydes is 1. The number of carbonyl (C=O) groups is 2. The Bertz CT molecular complexity index is 949. The van der Waals surface area contributed by atoms with E-state index in [1.807, 2.05) is 12.1 Å². The summed E-state index contributed by atoms with van der Waals surface area (Å²) in [5.74, 6) is 0.491. The summed E-state index contributed by atoms with van der Waals surface area (Å²) >= 11 is 0. The van der Waals surface area contributed by atoms with E-state index in [1.54, 1.807) is 25.4 Å². The number of ether oxygens (including phenoxy) is 1. The predicted octanol–water partition coefficient (Wildman–Crippen LogP) is 2.49. The van der Waals surface area contributed by atoms with Crippen LogP contribution in [0.3, 0.4) is 0 Å². The van der Waals surface area contributed by atoms with E-state index in [0.717, 1.165) is 16.3 Å². The lowest BCUT2D eigenvalue weighted by Crippen LogP contribution is -2.58. The molecule has 0 radical (unpaired) electrons. The monoisotopic (exact) mass is 481 g/mol. The van der Waals surface area contributed by atoms with Crippen LogP contribution in [0.25, 0.3) is 11.1 Å². The van der Waals surface area contributed by atoms with Crippen molar-refractivity contribution >= 4 is 18.2 Å². The number of benzene rings is 1. The van der Waals surface area contributed by atoms with Gasteiger partial charge in [0, 0.05) is 37.9 Å². The fourth-order valence-electron chi connectivity index (χ4n) is 3.77. The molecule has 0 bridgehead atoms. The number of carbonyl (C=O) groups excluding carboxylic acids is 1. The van der Waals surface area contributed by atoms with Gasteiger partial charge >= 0.3 is 12.5 Å². The molecule has 1 saturated heterocycles. The van der Waals surface area contributed by atoms with Crippen molar-refractivity contribution in [1.82, 2.24) is 20.1 Å². The van der Waals surface area contributed by atoms with Crippen molar-refractivity contribution in [1.29, 1.82) is 0 Å². The molecule has 3 rings (SSSR count). The molecule has 0 saturated carbocycles. The van der Waals surface area contributed by atoms with Gasteiger partial charge in [-0.2, -0.15) is 0 Å². The van der Waals surface area contributed by atoms with Crippen LogP contribution in [0.1, 0.15) is 0 Å². The van der Waals surface area contributed by atoms with Crippen LogP contribution in [-0.4, -0.2) is 91.1 Å². The van der Waals surface area contributed by atoms with E-state index in [9.17, 15) is 27.9 Å². The average Bonchev–Trinajstić information content (AvgIpc) is 2.81. The molecule has 1 aliphatic rings. The van der Waals surface area contributed by atoms with Crippen LogP contribution < -0.4 is 15.0 Å². The van der Waals surface area contributed by atoms with Crippen LogP contribution in [0.2, 0.25) is 0 Å². The van der Waals surface area contributed by atoms with Gasteiger partial charge in [0.25, 0.3) is 0 Å². The number of rotatable bonds is 9. The second-order valence-corrected chi connectivity index (χ2v) is 7.66. The highest BCUT2D eigenvalue weighted by Crippen LogP contribution is 2.27.